The van der Waals surface area contributed by atoms with Crippen LogP contribution in [0.15, 0.2) is 37.1 Å². The first kappa shape index (κ1) is 14.5. The zero-order valence-electron chi connectivity index (χ0n) is 13.3. The van der Waals surface area contributed by atoms with Crippen molar-refractivity contribution in [1.82, 2.24) is 9.88 Å². The van der Waals surface area contributed by atoms with Crippen molar-refractivity contribution in [3.63, 3.8) is 0 Å². The van der Waals surface area contributed by atoms with Gasteiger partial charge in [0.2, 0.25) is 5.91 Å². The van der Waals surface area contributed by atoms with Gasteiger partial charge in [0, 0.05) is 48.6 Å². The molecule has 3 N–H and O–H groups in total. The van der Waals surface area contributed by atoms with E-state index in [1.165, 1.54) is 22.0 Å². The fourth-order valence-electron chi connectivity index (χ4n) is 4.71. The van der Waals surface area contributed by atoms with E-state index in [0.717, 1.165) is 25.9 Å². The van der Waals surface area contributed by atoms with E-state index in [0.29, 0.717) is 24.3 Å². The molecule has 4 heteroatoms. The van der Waals surface area contributed by atoms with Crippen molar-refractivity contribution in [1.29, 1.82) is 0 Å². The van der Waals surface area contributed by atoms with Crippen molar-refractivity contribution >= 4 is 16.8 Å². The first-order valence-corrected chi connectivity index (χ1v) is 8.39. The number of nitrogens with one attached hydrogen (secondary N) is 1. The van der Waals surface area contributed by atoms with Crippen LogP contribution >= 0.6 is 0 Å². The number of nitrogens with zero attached hydrogens (tertiary/aromatic N) is 1. The van der Waals surface area contributed by atoms with E-state index < -0.39 is 0 Å². The third-order valence-corrected chi connectivity index (χ3v) is 5.52. The van der Waals surface area contributed by atoms with Crippen molar-refractivity contribution < 1.29 is 4.79 Å². The summed E-state index contributed by atoms with van der Waals surface area (Å²) in [5.41, 5.74) is 9.53. The predicted octanol–water partition coefficient (Wildman–Crippen LogP) is 2.56. The number of hydrogen-bond acceptors (Lipinski definition) is 2. The van der Waals surface area contributed by atoms with E-state index in [1.54, 1.807) is 0 Å². The first-order valence-electron chi connectivity index (χ1n) is 8.39. The summed E-state index contributed by atoms with van der Waals surface area (Å²) in [4.78, 5) is 17.3. The van der Waals surface area contributed by atoms with Gasteiger partial charge in [-0.3, -0.25) is 9.69 Å². The number of primary amides is 1. The molecule has 0 saturated carbocycles. The van der Waals surface area contributed by atoms with Crippen LogP contribution in [0.5, 0.6) is 0 Å². The minimum absolute atomic E-state index is 0.191. The highest BCUT2D eigenvalue weighted by molar-refractivity contribution is 5.88. The highest BCUT2D eigenvalue weighted by Gasteiger charge is 2.40. The van der Waals surface area contributed by atoms with Gasteiger partial charge in [0.05, 0.1) is 0 Å². The molecular formula is C19H23N3O. The number of benzene rings is 1. The molecular weight excluding hydrogens is 286 g/mol. The molecule has 4 nitrogen and oxygen atoms in total. The van der Waals surface area contributed by atoms with Crippen LogP contribution in [0.25, 0.3) is 10.9 Å². The van der Waals surface area contributed by atoms with Gasteiger partial charge >= 0.3 is 0 Å². The molecule has 1 aliphatic carbocycles. The molecule has 3 atom stereocenters. The van der Waals surface area contributed by atoms with Crippen LogP contribution in [0, 0.1) is 5.92 Å². The van der Waals surface area contributed by atoms with Crippen LogP contribution in [-0.2, 0) is 11.2 Å². The molecule has 4 rings (SSSR count). The quantitative estimate of drug-likeness (QED) is 0.853. The van der Waals surface area contributed by atoms with Crippen LogP contribution in [0.1, 0.15) is 29.9 Å². The number of amides is 1. The van der Waals surface area contributed by atoms with Gasteiger partial charge in [-0.1, -0.05) is 18.2 Å². The monoisotopic (exact) mass is 309 g/mol. The van der Waals surface area contributed by atoms with E-state index in [-0.39, 0.29) is 5.91 Å². The normalized spacial score (nSPS) is 26.9. The zero-order chi connectivity index (χ0) is 16.0. The Kier molecular flexibility index (Phi) is 3.49. The predicted molar refractivity (Wildman–Crippen MR) is 92.2 cm³/mol. The SMILES string of the molecule is C=CCN1C[C@H](CC(N)=O)CC2c3cccc4[nH]cc(c34)C[C@H]21. The van der Waals surface area contributed by atoms with Crippen LogP contribution in [0.3, 0.4) is 0 Å². The molecule has 0 bridgehead atoms. The molecule has 1 unspecified atom stereocenters. The Bertz CT molecular complexity index is 763. The number of fused-ring (bicyclic) bond motifs is 2. The molecule has 120 valence electrons. The average molecular weight is 309 g/mol. The summed E-state index contributed by atoms with van der Waals surface area (Å²) in [5.74, 6) is 0.618. The summed E-state index contributed by atoms with van der Waals surface area (Å²) >= 11 is 0. The van der Waals surface area contributed by atoms with E-state index in [1.807, 2.05) is 6.08 Å². The van der Waals surface area contributed by atoms with E-state index in [9.17, 15) is 4.79 Å². The number of aromatic amines is 1. The summed E-state index contributed by atoms with van der Waals surface area (Å²) in [6, 6.07) is 7.03. The van der Waals surface area contributed by atoms with Gasteiger partial charge < -0.3 is 10.7 Å². The third-order valence-electron chi connectivity index (χ3n) is 5.52. The first-order chi connectivity index (χ1) is 11.2. The Labute approximate surface area is 136 Å². The summed E-state index contributed by atoms with van der Waals surface area (Å²) in [7, 11) is 0. The lowest BCUT2D eigenvalue weighted by molar-refractivity contribution is -0.119. The zero-order valence-corrected chi connectivity index (χ0v) is 13.3. The molecule has 1 aliphatic heterocycles. The smallest absolute Gasteiger partial charge is 0.217 e. The second-order valence-electron chi connectivity index (χ2n) is 6.98. The van der Waals surface area contributed by atoms with Gasteiger partial charge in [-0.15, -0.1) is 6.58 Å². The molecule has 1 fully saturated rings. The van der Waals surface area contributed by atoms with E-state index in [2.05, 4.69) is 40.9 Å². The maximum atomic E-state index is 11.4. The fourth-order valence-corrected chi connectivity index (χ4v) is 4.71. The minimum Gasteiger partial charge on any atom is -0.370 e. The average Bonchev–Trinajstić information content (AvgIpc) is 2.93. The highest BCUT2D eigenvalue weighted by atomic mass is 16.1. The lowest BCUT2D eigenvalue weighted by Crippen LogP contribution is -2.50. The minimum atomic E-state index is -0.191. The lowest BCUT2D eigenvalue weighted by atomic mass is 9.71. The standard InChI is InChI=1S/C19H23N3O/c1-2-6-22-11-12(8-18(20)23)7-15-14-4-3-5-16-19(14)13(10-21-16)9-17(15)22/h2-5,10,12,15,17,21H,1,6-9,11H2,(H2,20,23)/t12-,15?,17+/m0/s1. The van der Waals surface area contributed by atoms with Gasteiger partial charge in [-0.05, 0) is 36.0 Å². The summed E-state index contributed by atoms with van der Waals surface area (Å²) in [6.45, 7) is 5.72. The van der Waals surface area contributed by atoms with Crippen molar-refractivity contribution in [3.8, 4) is 0 Å². The van der Waals surface area contributed by atoms with Crippen molar-refractivity contribution in [2.45, 2.75) is 31.2 Å². The number of nitrogens with two attached hydrogens (primary N) is 1. The van der Waals surface area contributed by atoms with Gasteiger partial charge in [0.15, 0.2) is 0 Å². The van der Waals surface area contributed by atoms with Crippen LogP contribution in [-0.4, -0.2) is 34.9 Å². The summed E-state index contributed by atoms with van der Waals surface area (Å²) in [5, 5.41) is 1.40. The third kappa shape index (κ3) is 2.38. The second-order valence-corrected chi connectivity index (χ2v) is 6.98. The van der Waals surface area contributed by atoms with Gasteiger partial charge in [0.1, 0.15) is 0 Å². The summed E-state index contributed by atoms with van der Waals surface area (Å²) < 4.78 is 0. The topological polar surface area (TPSA) is 62.1 Å². The maximum Gasteiger partial charge on any atom is 0.217 e. The number of piperidine rings is 1. The Morgan fingerprint density at radius 3 is 3.13 bits per heavy atom. The largest absolute Gasteiger partial charge is 0.370 e. The molecule has 0 spiro atoms. The molecule has 1 aromatic heterocycles. The number of hydrogen-bond donors (Lipinski definition) is 2. The van der Waals surface area contributed by atoms with Gasteiger partial charge in [0.25, 0.3) is 0 Å². The number of carbonyl (C=O) groups is 1. The van der Waals surface area contributed by atoms with Gasteiger partial charge in [-0.2, -0.15) is 0 Å². The Morgan fingerprint density at radius 1 is 1.48 bits per heavy atom. The van der Waals surface area contributed by atoms with Crippen molar-refractivity contribution in [3.05, 3.63) is 48.2 Å². The highest BCUT2D eigenvalue weighted by Crippen LogP contribution is 2.45. The number of aromatic nitrogens is 1. The van der Waals surface area contributed by atoms with Crippen LogP contribution in [0.2, 0.25) is 0 Å². The van der Waals surface area contributed by atoms with Crippen LogP contribution in [0.4, 0.5) is 0 Å². The van der Waals surface area contributed by atoms with E-state index in [4.69, 9.17) is 5.73 Å². The molecule has 23 heavy (non-hydrogen) atoms. The molecule has 2 aliphatic rings. The molecule has 2 aromatic rings. The van der Waals surface area contributed by atoms with Crippen molar-refractivity contribution in [2.24, 2.45) is 11.7 Å². The van der Waals surface area contributed by atoms with Crippen LogP contribution < -0.4 is 5.73 Å². The lowest BCUT2D eigenvalue weighted by Gasteiger charge is -2.46. The fraction of sp³-hybridized carbons (Fsp3) is 0.421. The molecule has 2 heterocycles. The second kappa shape index (κ2) is 5.53. The maximum absolute atomic E-state index is 11.4. The number of rotatable bonds is 4. The van der Waals surface area contributed by atoms with Gasteiger partial charge in [-0.25, -0.2) is 0 Å². The Balaban J connectivity index is 1.75. The molecule has 1 aromatic carbocycles. The summed E-state index contributed by atoms with van der Waals surface area (Å²) in [6.07, 6.45) is 6.72. The van der Waals surface area contributed by atoms with E-state index >= 15 is 0 Å². The van der Waals surface area contributed by atoms with Crippen molar-refractivity contribution in [2.75, 3.05) is 13.1 Å². The Morgan fingerprint density at radius 2 is 2.35 bits per heavy atom. The molecule has 1 amide bonds. The Hall–Kier alpha value is -2.07. The number of carbonyl (C=O) groups excluding carboxylic acids is 1. The molecule has 0 radical (unpaired) electrons. The number of likely N-dealkylation sites (tertiary alicyclic amines) is 1. The molecule has 1 saturated heterocycles. The number of H-pyrrole nitrogens is 1.